The van der Waals surface area contributed by atoms with E-state index in [4.69, 9.17) is 18.9 Å². The molecule has 206 valence electrons. The smallest absolute Gasteiger partial charge is 0.209 e. The lowest BCUT2D eigenvalue weighted by Gasteiger charge is -2.29. The molecular formula is C30H62O4. The minimum atomic E-state index is -0.482. The summed E-state index contributed by atoms with van der Waals surface area (Å²) < 4.78 is 25.0. The molecule has 0 heterocycles. The maximum atomic E-state index is 6.26. The van der Waals surface area contributed by atoms with Gasteiger partial charge in [0.25, 0.3) is 0 Å². The summed E-state index contributed by atoms with van der Waals surface area (Å²) in [5.74, 6) is 0. The molecule has 0 unspecified atom stereocenters. The fourth-order valence-electron chi connectivity index (χ4n) is 3.62. The van der Waals surface area contributed by atoms with Crippen molar-refractivity contribution in [1.29, 1.82) is 0 Å². The highest BCUT2D eigenvalue weighted by Crippen LogP contribution is 2.25. The Morgan fingerprint density at radius 3 is 0.676 bits per heavy atom. The predicted octanol–water partition coefficient (Wildman–Crippen LogP) is 9.01. The van der Waals surface area contributed by atoms with Crippen LogP contribution in [0.2, 0.25) is 0 Å². The third-order valence-corrected chi connectivity index (χ3v) is 5.64. The molecule has 0 aromatic heterocycles. The van der Waals surface area contributed by atoms with Gasteiger partial charge in [-0.25, -0.2) is 0 Å². The molecule has 0 aromatic rings. The van der Waals surface area contributed by atoms with Crippen LogP contribution in [0.15, 0.2) is 0 Å². The molecule has 0 aromatic carbocycles. The zero-order valence-electron chi connectivity index (χ0n) is 25.3. The summed E-state index contributed by atoms with van der Waals surface area (Å²) >= 11 is 0. The molecule has 0 amide bonds. The monoisotopic (exact) mass is 486 g/mol. The van der Waals surface area contributed by atoms with Gasteiger partial charge in [-0.15, -0.1) is 0 Å². The first kappa shape index (κ1) is 33.8. The standard InChI is InChI=1S/C30H62O4/c1-27(2,3)17-13-21-31-25(32-22-14-18-28(4,5)6)26(33-23-15-19-29(7,8)9)34-24-16-20-30(10,11)12/h25-26H,13-24H2,1-12H3. The second-order valence-corrected chi connectivity index (χ2v) is 14.9. The molecule has 34 heavy (non-hydrogen) atoms. The summed E-state index contributed by atoms with van der Waals surface area (Å²) in [6, 6.07) is 0. The average Bonchev–Trinajstić information content (AvgIpc) is 2.62. The van der Waals surface area contributed by atoms with Crippen molar-refractivity contribution in [3.05, 3.63) is 0 Å². The van der Waals surface area contributed by atoms with Crippen LogP contribution in [-0.2, 0) is 18.9 Å². The summed E-state index contributed by atoms with van der Waals surface area (Å²) in [7, 11) is 0. The summed E-state index contributed by atoms with van der Waals surface area (Å²) in [6.07, 6.45) is 7.53. The third-order valence-electron chi connectivity index (χ3n) is 5.64. The lowest BCUT2D eigenvalue weighted by Crippen LogP contribution is -2.38. The van der Waals surface area contributed by atoms with Crippen LogP contribution >= 0.6 is 0 Å². The van der Waals surface area contributed by atoms with Crippen LogP contribution in [0.5, 0.6) is 0 Å². The molecule has 0 bridgehead atoms. The molecule has 0 fully saturated rings. The van der Waals surface area contributed by atoms with Gasteiger partial charge in [0.05, 0.1) is 0 Å². The summed E-state index contributed by atoms with van der Waals surface area (Å²) in [5, 5.41) is 0. The molecule has 0 rings (SSSR count). The largest absolute Gasteiger partial charge is 0.348 e. The Hall–Kier alpha value is -0.160. The number of hydrogen-bond donors (Lipinski definition) is 0. The van der Waals surface area contributed by atoms with E-state index >= 15 is 0 Å². The van der Waals surface area contributed by atoms with Crippen molar-refractivity contribution in [1.82, 2.24) is 0 Å². The van der Waals surface area contributed by atoms with Gasteiger partial charge < -0.3 is 18.9 Å². The van der Waals surface area contributed by atoms with Crippen LogP contribution < -0.4 is 0 Å². The zero-order valence-corrected chi connectivity index (χ0v) is 25.3. The average molecular weight is 487 g/mol. The molecule has 4 heteroatoms. The van der Waals surface area contributed by atoms with E-state index in [2.05, 4.69) is 83.1 Å². The number of rotatable bonds is 17. The van der Waals surface area contributed by atoms with Gasteiger partial charge in [-0.2, -0.15) is 0 Å². The molecule has 0 atom stereocenters. The highest BCUT2D eigenvalue weighted by atomic mass is 16.8. The fourth-order valence-corrected chi connectivity index (χ4v) is 3.62. The van der Waals surface area contributed by atoms with Crippen LogP contribution in [0.3, 0.4) is 0 Å². The quantitative estimate of drug-likeness (QED) is 0.152. The second-order valence-electron chi connectivity index (χ2n) is 14.9. The van der Waals surface area contributed by atoms with E-state index in [1.54, 1.807) is 0 Å². The Kier molecular flexibility index (Phi) is 15.8. The normalized spacial score (nSPS) is 13.9. The number of ether oxygens (including phenoxy) is 4. The Bertz CT molecular complexity index is 398. The van der Waals surface area contributed by atoms with Crippen LogP contribution in [0.25, 0.3) is 0 Å². The van der Waals surface area contributed by atoms with Crippen LogP contribution in [0.4, 0.5) is 0 Å². The van der Waals surface area contributed by atoms with Gasteiger partial charge in [0.1, 0.15) is 0 Å². The van der Waals surface area contributed by atoms with E-state index in [-0.39, 0.29) is 0 Å². The molecule has 0 radical (unpaired) electrons. The molecule has 0 saturated carbocycles. The summed E-state index contributed by atoms with van der Waals surface area (Å²) in [6.45, 7) is 29.9. The van der Waals surface area contributed by atoms with Crippen molar-refractivity contribution in [3.63, 3.8) is 0 Å². The van der Waals surface area contributed by atoms with Crippen molar-refractivity contribution < 1.29 is 18.9 Å². The molecule has 4 nitrogen and oxygen atoms in total. The van der Waals surface area contributed by atoms with Gasteiger partial charge in [0, 0.05) is 26.4 Å². The lowest BCUT2D eigenvalue weighted by molar-refractivity contribution is -0.287. The van der Waals surface area contributed by atoms with Gasteiger partial charge in [-0.1, -0.05) is 83.1 Å². The topological polar surface area (TPSA) is 36.9 Å². The molecule has 0 aliphatic heterocycles. The summed E-state index contributed by atoms with van der Waals surface area (Å²) in [4.78, 5) is 0. The van der Waals surface area contributed by atoms with E-state index < -0.39 is 12.6 Å². The molecule has 0 aliphatic rings. The molecule has 0 N–H and O–H groups in total. The highest BCUT2D eigenvalue weighted by molar-refractivity contribution is 4.65. The zero-order chi connectivity index (χ0) is 26.5. The number of hydrogen-bond acceptors (Lipinski definition) is 4. The van der Waals surface area contributed by atoms with E-state index in [1.165, 1.54) is 0 Å². The lowest BCUT2D eigenvalue weighted by atomic mass is 9.91. The molecule has 0 spiro atoms. The van der Waals surface area contributed by atoms with Gasteiger partial charge in [-0.3, -0.25) is 0 Å². The first-order chi connectivity index (χ1) is 15.4. The Morgan fingerprint density at radius 1 is 0.353 bits per heavy atom. The van der Waals surface area contributed by atoms with Crippen molar-refractivity contribution >= 4 is 0 Å². The van der Waals surface area contributed by atoms with Crippen molar-refractivity contribution in [2.45, 2.75) is 147 Å². The maximum Gasteiger partial charge on any atom is 0.209 e. The predicted molar refractivity (Wildman–Crippen MR) is 146 cm³/mol. The minimum Gasteiger partial charge on any atom is -0.348 e. The SMILES string of the molecule is CC(C)(C)CCCOC(OCCCC(C)(C)C)C(OCCCC(C)(C)C)OCCCC(C)(C)C. The van der Waals surface area contributed by atoms with E-state index in [9.17, 15) is 0 Å². The summed E-state index contributed by atoms with van der Waals surface area (Å²) in [5.41, 5.74) is 1.22. The highest BCUT2D eigenvalue weighted by Gasteiger charge is 2.26. The molecule has 0 aliphatic carbocycles. The van der Waals surface area contributed by atoms with Crippen LogP contribution in [-0.4, -0.2) is 39.0 Å². The van der Waals surface area contributed by atoms with Crippen molar-refractivity contribution in [2.24, 2.45) is 21.7 Å². The maximum absolute atomic E-state index is 6.26. The fraction of sp³-hybridized carbons (Fsp3) is 1.00. The molecular weight excluding hydrogens is 424 g/mol. The van der Waals surface area contributed by atoms with E-state index in [0.717, 1.165) is 51.4 Å². The van der Waals surface area contributed by atoms with Crippen molar-refractivity contribution in [2.75, 3.05) is 26.4 Å². The van der Waals surface area contributed by atoms with Gasteiger partial charge in [-0.05, 0) is 73.0 Å². The van der Waals surface area contributed by atoms with Gasteiger partial charge in [0.2, 0.25) is 12.6 Å². The molecule has 0 saturated heterocycles. The first-order valence-electron chi connectivity index (χ1n) is 13.8. The van der Waals surface area contributed by atoms with Gasteiger partial charge in [0.15, 0.2) is 0 Å². The first-order valence-corrected chi connectivity index (χ1v) is 13.8. The van der Waals surface area contributed by atoms with E-state index in [0.29, 0.717) is 48.1 Å². The Balaban J connectivity index is 5.05. The van der Waals surface area contributed by atoms with Crippen LogP contribution in [0, 0.1) is 21.7 Å². The van der Waals surface area contributed by atoms with Crippen molar-refractivity contribution in [3.8, 4) is 0 Å². The minimum absolute atomic E-state index is 0.304. The second kappa shape index (κ2) is 15.8. The Morgan fingerprint density at radius 2 is 0.529 bits per heavy atom. The van der Waals surface area contributed by atoms with Crippen LogP contribution in [0.1, 0.15) is 134 Å². The third kappa shape index (κ3) is 23.6. The van der Waals surface area contributed by atoms with Gasteiger partial charge >= 0.3 is 0 Å². The van der Waals surface area contributed by atoms with E-state index in [1.807, 2.05) is 0 Å². The Labute approximate surface area is 214 Å².